The number of likely N-dealkylation sites (tertiary alicyclic amines) is 2. The summed E-state index contributed by atoms with van der Waals surface area (Å²) in [6.07, 6.45) is 5.37. The van der Waals surface area contributed by atoms with Crippen molar-refractivity contribution in [3.8, 4) is 0 Å². The topological polar surface area (TPSA) is 158 Å². The van der Waals surface area contributed by atoms with Crippen molar-refractivity contribution in [3.63, 3.8) is 0 Å². The van der Waals surface area contributed by atoms with Gasteiger partial charge in [-0.05, 0) is 57.9 Å². The summed E-state index contributed by atoms with van der Waals surface area (Å²) in [5.74, 6) is -2.45. The number of piperidine rings is 1. The molecular formula is C41H69N5O8. The number of hydrogen-bond donors (Lipinski definition) is 3. The van der Waals surface area contributed by atoms with Crippen molar-refractivity contribution < 1.29 is 38.6 Å². The number of hydrogen-bond acceptors (Lipinski definition) is 8. The fourth-order valence-corrected chi connectivity index (χ4v) is 8.18. The molecule has 0 radical (unpaired) electrons. The highest BCUT2D eigenvalue weighted by Gasteiger charge is 2.47. The van der Waals surface area contributed by atoms with Crippen LogP contribution in [0.4, 0.5) is 0 Å². The lowest BCUT2D eigenvalue weighted by Crippen LogP contribution is -2.55. The highest BCUT2D eigenvalue weighted by Crippen LogP contribution is 2.41. The summed E-state index contributed by atoms with van der Waals surface area (Å²) in [4.78, 5) is 69.2. The van der Waals surface area contributed by atoms with Crippen LogP contribution in [0.1, 0.15) is 91.5 Å². The molecule has 0 aromatic heterocycles. The molecule has 0 spiro atoms. The molecule has 2 bridgehead atoms. The number of fused-ring (bicyclic) bond motifs is 2. The average Bonchev–Trinajstić information content (AvgIpc) is 3.91. The van der Waals surface area contributed by atoms with E-state index < -0.39 is 42.6 Å². The molecule has 3 aliphatic rings. The summed E-state index contributed by atoms with van der Waals surface area (Å²) >= 11 is 0. The van der Waals surface area contributed by atoms with Gasteiger partial charge in [0, 0.05) is 33.9 Å². The first-order chi connectivity index (χ1) is 25.7. The second-order valence-electron chi connectivity index (χ2n) is 15.2. The van der Waals surface area contributed by atoms with Crippen LogP contribution >= 0.6 is 0 Å². The van der Waals surface area contributed by atoms with E-state index in [0.717, 1.165) is 32.1 Å². The monoisotopic (exact) mass is 760 g/mol. The molecule has 54 heavy (non-hydrogen) atoms. The van der Waals surface area contributed by atoms with Crippen LogP contribution in [0, 0.1) is 24.7 Å². The van der Waals surface area contributed by atoms with E-state index in [-0.39, 0.29) is 48.7 Å². The van der Waals surface area contributed by atoms with Gasteiger partial charge >= 0.3 is 5.97 Å². The highest BCUT2D eigenvalue weighted by atomic mass is 16.5. The number of aliphatic carboxylic acids is 1. The summed E-state index contributed by atoms with van der Waals surface area (Å²) in [5, 5.41) is 14.2. The van der Waals surface area contributed by atoms with Gasteiger partial charge in [-0.2, -0.15) is 0 Å². The lowest BCUT2D eigenvalue weighted by Gasteiger charge is -2.39. The Labute approximate surface area is 323 Å². The number of nitrogens with one attached hydrogen (secondary N) is 2. The Hall–Kier alpha value is -3.55. The normalized spacial score (nSPS) is 23.0. The Balaban J connectivity index is 0.000000878. The summed E-state index contributed by atoms with van der Waals surface area (Å²) in [6.45, 7) is 11.9. The van der Waals surface area contributed by atoms with E-state index in [1.165, 1.54) is 26.2 Å². The Morgan fingerprint density at radius 3 is 2.11 bits per heavy atom. The van der Waals surface area contributed by atoms with Crippen molar-refractivity contribution >= 4 is 29.6 Å². The molecule has 306 valence electrons. The van der Waals surface area contributed by atoms with Gasteiger partial charge in [-0.25, -0.2) is 0 Å². The molecule has 13 heteroatoms. The van der Waals surface area contributed by atoms with E-state index in [1.807, 2.05) is 39.1 Å². The van der Waals surface area contributed by atoms with Crippen LogP contribution in [0.25, 0.3) is 0 Å². The summed E-state index contributed by atoms with van der Waals surface area (Å²) in [6, 6.07) is 9.73. The fourth-order valence-electron chi connectivity index (χ4n) is 8.18. The van der Waals surface area contributed by atoms with E-state index in [1.54, 1.807) is 23.8 Å². The summed E-state index contributed by atoms with van der Waals surface area (Å²) in [5.41, 5.74) is 1.32. The Morgan fingerprint density at radius 2 is 1.61 bits per heavy atom. The third-order valence-electron chi connectivity index (χ3n) is 11.2. The number of carboxylic acid groups (broad SMARTS) is 1. The van der Waals surface area contributed by atoms with E-state index in [0.29, 0.717) is 24.9 Å². The molecule has 9 atom stereocenters. The predicted molar refractivity (Wildman–Crippen MR) is 210 cm³/mol. The molecule has 2 aliphatic heterocycles. The average molecular weight is 760 g/mol. The zero-order valence-electron chi connectivity index (χ0n) is 34.5. The van der Waals surface area contributed by atoms with Gasteiger partial charge in [-0.1, -0.05) is 83.4 Å². The Kier molecular flexibility index (Phi) is 20.2. The van der Waals surface area contributed by atoms with E-state index in [9.17, 15) is 24.0 Å². The minimum atomic E-state index is -1.14. The fraction of sp³-hybridized carbons (Fsp3) is 0.732. The highest BCUT2D eigenvalue weighted by molar-refractivity contribution is 5.88. The number of methoxy groups -OCH3 is 2. The van der Waals surface area contributed by atoms with E-state index in [4.69, 9.17) is 14.6 Å². The second kappa shape index (κ2) is 23.4. The second-order valence-corrected chi connectivity index (χ2v) is 15.2. The molecule has 4 amide bonds. The number of carbonyl (C=O) groups is 5. The van der Waals surface area contributed by atoms with E-state index in [2.05, 4.69) is 48.4 Å². The van der Waals surface area contributed by atoms with Crippen molar-refractivity contribution in [3.05, 3.63) is 35.9 Å². The number of rotatable bonds is 16. The number of carboxylic acids is 1. The molecular weight excluding hydrogens is 690 g/mol. The molecule has 9 unspecified atom stereocenters. The van der Waals surface area contributed by atoms with E-state index >= 15 is 0 Å². The van der Waals surface area contributed by atoms with Crippen LogP contribution in [0.2, 0.25) is 0 Å². The van der Waals surface area contributed by atoms with Gasteiger partial charge in [0.05, 0.1) is 49.2 Å². The molecule has 2 heterocycles. The van der Waals surface area contributed by atoms with Gasteiger partial charge in [-0.3, -0.25) is 28.9 Å². The van der Waals surface area contributed by atoms with Crippen LogP contribution < -0.4 is 10.6 Å². The quantitative estimate of drug-likeness (QED) is 0.226. The molecule has 3 fully saturated rings. The first-order valence-corrected chi connectivity index (χ1v) is 19.8. The third-order valence-corrected chi connectivity index (χ3v) is 11.2. The van der Waals surface area contributed by atoms with Gasteiger partial charge in [0.2, 0.25) is 23.6 Å². The van der Waals surface area contributed by atoms with Gasteiger partial charge in [0.25, 0.3) is 0 Å². The largest absolute Gasteiger partial charge is 0.480 e. The number of benzene rings is 1. The van der Waals surface area contributed by atoms with Crippen molar-refractivity contribution in [1.82, 2.24) is 25.3 Å². The van der Waals surface area contributed by atoms with Crippen LogP contribution in [-0.2, 0) is 33.4 Å². The van der Waals surface area contributed by atoms with Crippen molar-refractivity contribution in [1.29, 1.82) is 0 Å². The zero-order chi connectivity index (χ0) is 40.5. The maximum Gasteiger partial charge on any atom is 0.322 e. The third kappa shape index (κ3) is 13.0. The molecule has 13 nitrogen and oxygen atoms in total. The molecule has 1 aromatic carbocycles. The number of likely N-dealkylation sites (N-methyl/N-ethyl adjacent to an activating group) is 2. The molecule has 1 aliphatic carbocycles. The maximum atomic E-state index is 13.8. The van der Waals surface area contributed by atoms with Crippen LogP contribution in [-0.4, -0.2) is 134 Å². The number of aryl methyl sites for hydroxylation is 1. The predicted octanol–water partition coefficient (Wildman–Crippen LogP) is 4.12. The first-order valence-electron chi connectivity index (χ1n) is 19.8. The smallest absolute Gasteiger partial charge is 0.322 e. The lowest BCUT2D eigenvalue weighted by molar-refractivity contribution is -0.146. The number of nitrogens with zero attached hydrogens (tertiary/aromatic N) is 3. The van der Waals surface area contributed by atoms with Crippen molar-refractivity contribution in [2.45, 2.75) is 129 Å². The van der Waals surface area contributed by atoms with Gasteiger partial charge < -0.3 is 35.0 Å². The van der Waals surface area contributed by atoms with Crippen LogP contribution in [0.3, 0.4) is 0 Å². The first kappa shape index (κ1) is 46.6. The zero-order valence-corrected chi connectivity index (χ0v) is 34.5. The lowest BCUT2D eigenvalue weighted by atomic mass is 9.90. The van der Waals surface area contributed by atoms with Gasteiger partial charge in [0.15, 0.2) is 0 Å². The minimum absolute atomic E-state index is 0.00755. The number of carbonyl (C=O) groups excluding carboxylic acids is 4. The SMILES string of the molecule is CCC.CCC(C)C(C(CC(=O)N1CCCC1C(OC)C(C)C(=O)NCC(=O)O)OC)N(C)C(=O)CNC(=O)C1C2CCC(C2)N1C.Cc1ccccc1. The van der Waals surface area contributed by atoms with Crippen molar-refractivity contribution in [2.24, 2.45) is 17.8 Å². The summed E-state index contributed by atoms with van der Waals surface area (Å²) in [7, 11) is 6.70. The molecule has 3 N–H and O–H groups in total. The summed E-state index contributed by atoms with van der Waals surface area (Å²) < 4.78 is 11.6. The van der Waals surface area contributed by atoms with Gasteiger partial charge in [0.1, 0.15) is 6.54 Å². The van der Waals surface area contributed by atoms with Gasteiger partial charge in [-0.15, -0.1) is 0 Å². The van der Waals surface area contributed by atoms with Crippen LogP contribution in [0.5, 0.6) is 0 Å². The minimum Gasteiger partial charge on any atom is -0.480 e. The molecule has 2 saturated heterocycles. The van der Waals surface area contributed by atoms with Crippen molar-refractivity contribution in [2.75, 3.05) is 47.9 Å². The maximum absolute atomic E-state index is 13.8. The molecule has 1 saturated carbocycles. The molecule has 4 rings (SSSR count). The molecule has 1 aromatic rings. The number of ether oxygens (including phenoxy) is 2. The standard InChI is InChI=1S/C31H53N5O8.C7H8.C3H8/c1-8-18(2)27(35(5)25(38)16-32-31(42)28-20-11-12-21(14-20)34(28)4)23(43-6)15-24(37)36-13-9-10-22(36)29(44-7)19(3)30(41)33-17-26(39)40;1-7-5-3-2-4-6-7;1-3-2/h18-23,27-29H,8-17H2,1-7H3,(H,32,42)(H,33,41)(H,39,40);2-6H,1H3;3H2,1-2H3. The number of amides is 4. The Morgan fingerprint density at radius 1 is 0.963 bits per heavy atom. The Bertz CT molecular complexity index is 1330. The van der Waals surface area contributed by atoms with Crippen LogP contribution in [0.15, 0.2) is 30.3 Å².